The van der Waals surface area contributed by atoms with Gasteiger partial charge in [0.2, 0.25) is 0 Å². The molecule has 0 radical (unpaired) electrons. The fourth-order valence-corrected chi connectivity index (χ4v) is 2.95. The highest BCUT2D eigenvalue weighted by Gasteiger charge is 2.15. The van der Waals surface area contributed by atoms with Gasteiger partial charge in [-0.3, -0.25) is 0 Å². The summed E-state index contributed by atoms with van der Waals surface area (Å²) in [5.74, 6) is -0.206. The van der Waals surface area contributed by atoms with Crippen molar-refractivity contribution in [3.05, 3.63) is 28.0 Å². The summed E-state index contributed by atoms with van der Waals surface area (Å²) >= 11 is 3.31. The molecule has 120 valence electrons. The zero-order chi connectivity index (χ0) is 15.8. The predicted octanol–water partition coefficient (Wildman–Crippen LogP) is 3.61. The molecule has 1 rings (SSSR count). The maximum Gasteiger partial charge on any atom is 0.160 e. The van der Waals surface area contributed by atoms with Gasteiger partial charge in [0, 0.05) is 19.6 Å². The normalized spacial score (nSPS) is 11.2. The van der Waals surface area contributed by atoms with Crippen LogP contribution in [0.25, 0.3) is 0 Å². The van der Waals surface area contributed by atoms with Gasteiger partial charge >= 0.3 is 0 Å². The van der Waals surface area contributed by atoms with Gasteiger partial charge in [0.15, 0.2) is 5.82 Å². The molecule has 21 heavy (non-hydrogen) atoms. The van der Waals surface area contributed by atoms with Gasteiger partial charge in [-0.1, -0.05) is 19.9 Å². The minimum Gasteiger partial charge on any atom is -0.369 e. The van der Waals surface area contributed by atoms with Gasteiger partial charge in [-0.25, -0.2) is 4.39 Å². The van der Waals surface area contributed by atoms with Gasteiger partial charge in [-0.2, -0.15) is 0 Å². The number of nitrogens with zero attached hydrogens (tertiary/aromatic N) is 2. The number of anilines is 1. The minimum absolute atomic E-state index is 0.206. The van der Waals surface area contributed by atoms with E-state index in [0.717, 1.165) is 44.7 Å². The molecule has 0 amide bonds. The first-order valence-corrected chi connectivity index (χ1v) is 8.52. The van der Waals surface area contributed by atoms with Crippen molar-refractivity contribution < 1.29 is 4.39 Å². The standard InChI is InChI=1S/C16H27BrFN3/c1-4-20(5-2)10-7-11-21(6-3)14-9-8-13(12-19)15(17)16(14)18/h8-9H,4-7,10-12,19H2,1-3H3. The van der Waals surface area contributed by atoms with Crippen LogP contribution in [0.5, 0.6) is 0 Å². The van der Waals surface area contributed by atoms with Crippen LogP contribution in [0, 0.1) is 5.82 Å². The van der Waals surface area contributed by atoms with Crippen molar-refractivity contribution >= 4 is 21.6 Å². The summed E-state index contributed by atoms with van der Waals surface area (Å²) in [6, 6.07) is 3.73. The average molecular weight is 360 g/mol. The van der Waals surface area contributed by atoms with Crippen molar-refractivity contribution in [1.82, 2.24) is 4.90 Å². The first-order chi connectivity index (χ1) is 10.1. The van der Waals surface area contributed by atoms with E-state index in [-0.39, 0.29) is 5.82 Å². The molecule has 0 aliphatic rings. The van der Waals surface area contributed by atoms with Crippen LogP contribution in [0.4, 0.5) is 10.1 Å². The van der Waals surface area contributed by atoms with E-state index in [9.17, 15) is 4.39 Å². The van der Waals surface area contributed by atoms with Crippen molar-refractivity contribution in [2.24, 2.45) is 5.73 Å². The third kappa shape index (κ3) is 4.94. The van der Waals surface area contributed by atoms with Gasteiger partial charge in [0.05, 0.1) is 10.2 Å². The molecular formula is C16H27BrFN3. The Balaban J connectivity index is 2.74. The lowest BCUT2D eigenvalue weighted by Gasteiger charge is -2.26. The summed E-state index contributed by atoms with van der Waals surface area (Å²) in [7, 11) is 0. The van der Waals surface area contributed by atoms with Crippen LogP contribution in [0.3, 0.4) is 0 Å². The molecule has 2 N–H and O–H groups in total. The summed E-state index contributed by atoms with van der Waals surface area (Å²) < 4.78 is 14.9. The van der Waals surface area contributed by atoms with Crippen LogP contribution < -0.4 is 10.6 Å². The van der Waals surface area contributed by atoms with Crippen LogP contribution in [0.2, 0.25) is 0 Å². The number of rotatable bonds is 9. The van der Waals surface area contributed by atoms with E-state index in [1.807, 2.05) is 12.1 Å². The van der Waals surface area contributed by atoms with Gasteiger partial charge in [0.1, 0.15) is 0 Å². The molecule has 0 aliphatic carbocycles. The molecule has 0 aliphatic heterocycles. The maximum atomic E-state index is 14.4. The van der Waals surface area contributed by atoms with Crippen molar-refractivity contribution in [1.29, 1.82) is 0 Å². The van der Waals surface area contributed by atoms with Crippen LogP contribution in [0.15, 0.2) is 16.6 Å². The minimum atomic E-state index is -0.206. The fourth-order valence-electron chi connectivity index (χ4n) is 2.46. The largest absolute Gasteiger partial charge is 0.369 e. The highest BCUT2D eigenvalue weighted by atomic mass is 79.9. The Bertz CT molecular complexity index is 436. The molecule has 3 nitrogen and oxygen atoms in total. The second-order valence-corrected chi connectivity index (χ2v) is 5.83. The van der Waals surface area contributed by atoms with Gasteiger partial charge in [-0.05, 0) is 60.5 Å². The van der Waals surface area contributed by atoms with Crippen LogP contribution in [-0.4, -0.2) is 37.6 Å². The number of hydrogen-bond donors (Lipinski definition) is 1. The molecular weight excluding hydrogens is 333 g/mol. The summed E-state index contributed by atoms with van der Waals surface area (Å²) in [6.07, 6.45) is 1.03. The molecule has 0 aromatic heterocycles. The second-order valence-electron chi connectivity index (χ2n) is 5.04. The van der Waals surface area contributed by atoms with E-state index in [1.54, 1.807) is 0 Å². The van der Waals surface area contributed by atoms with Crippen LogP contribution in [-0.2, 0) is 6.54 Å². The molecule has 0 unspecified atom stereocenters. The van der Waals surface area contributed by atoms with E-state index >= 15 is 0 Å². The van der Waals surface area contributed by atoms with Crippen LogP contribution in [0.1, 0.15) is 32.8 Å². The molecule has 0 heterocycles. The lowest BCUT2D eigenvalue weighted by molar-refractivity contribution is 0.300. The Labute approximate surface area is 136 Å². The Kier molecular flexibility index (Phi) is 8.22. The molecule has 0 bridgehead atoms. The number of halogens is 2. The smallest absolute Gasteiger partial charge is 0.160 e. The first-order valence-electron chi connectivity index (χ1n) is 7.73. The summed E-state index contributed by atoms with van der Waals surface area (Å²) in [4.78, 5) is 4.47. The number of benzene rings is 1. The van der Waals surface area contributed by atoms with E-state index in [1.165, 1.54) is 0 Å². The third-order valence-corrected chi connectivity index (χ3v) is 4.74. The molecule has 0 saturated heterocycles. The molecule has 0 spiro atoms. The van der Waals surface area contributed by atoms with Gasteiger partial charge in [0.25, 0.3) is 0 Å². The van der Waals surface area contributed by atoms with E-state index in [0.29, 0.717) is 16.7 Å². The highest BCUT2D eigenvalue weighted by Crippen LogP contribution is 2.29. The Morgan fingerprint density at radius 1 is 1.10 bits per heavy atom. The summed E-state index contributed by atoms with van der Waals surface area (Å²) in [6.45, 7) is 11.6. The molecule has 5 heteroatoms. The Morgan fingerprint density at radius 3 is 2.29 bits per heavy atom. The van der Waals surface area contributed by atoms with Crippen molar-refractivity contribution in [3.63, 3.8) is 0 Å². The van der Waals surface area contributed by atoms with E-state index < -0.39 is 0 Å². The van der Waals surface area contributed by atoms with Crippen molar-refractivity contribution in [2.75, 3.05) is 37.6 Å². The van der Waals surface area contributed by atoms with Crippen molar-refractivity contribution in [2.45, 2.75) is 33.7 Å². The zero-order valence-corrected chi connectivity index (χ0v) is 14.9. The topological polar surface area (TPSA) is 32.5 Å². The molecule has 1 aromatic carbocycles. The second kappa shape index (κ2) is 9.38. The quantitative estimate of drug-likeness (QED) is 0.730. The molecule has 1 aromatic rings. The number of hydrogen-bond acceptors (Lipinski definition) is 3. The Hall–Kier alpha value is -0.650. The first kappa shape index (κ1) is 18.4. The third-order valence-electron chi connectivity index (χ3n) is 3.88. The molecule has 0 atom stereocenters. The molecule has 0 saturated carbocycles. The van der Waals surface area contributed by atoms with E-state index in [2.05, 4.69) is 46.5 Å². The zero-order valence-electron chi connectivity index (χ0n) is 13.3. The van der Waals surface area contributed by atoms with Crippen LogP contribution >= 0.6 is 15.9 Å². The van der Waals surface area contributed by atoms with Gasteiger partial charge in [-0.15, -0.1) is 0 Å². The highest BCUT2D eigenvalue weighted by molar-refractivity contribution is 9.10. The monoisotopic (exact) mass is 359 g/mol. The van der Waals surface area contributed by atoms with E-state index in [4.69, 9.17) is 5.73 Å². The van der Waals surface area contributed by atoms with Gasteiger partial charge < -0.3 is 15.5 Å². The maximum absolute atomic E-state index is 14.4. The predicted molar refractivity (Wildman–Crippen MR) is 92.3 cm³/mol. The fraction of sp³-hybridized carbons (Fsp3) is 0.625. The summed E-state index contributed by atoms with van der Waals surface area (Å²) in [5.41, 5.74) is 7.06. The molecule has 0 fully saturated rings. The average Bonchev–Trinajstić information content (AvgIpc) is 2.51. The Morgan fingerprint density at radius 2 is 1.76 bits per heavy atom. The summed E-state index contributed by atoms with van der Waals surface area (Å²) in [5, 5.41) is 0. The lowest BCUT2D eigenvalue weighted by atomic mass is 10.1. The number of nitrogens with two attached hydrogens (primary N) is 1. The lowest BCUT2D eigenvalue weighted by Crippen LogP contribution is -2.30. The van der Waals surface area contributed by atoms with Crippen molar-refractivity contribution in [3.8, 4) is 0 Å². The SMILES string of the molecule is CCN(CC)CCCN(CC)c1ccc(CN)c(Br)c1F.